The first kappa shape index (κ1) is 18.1. The summed E-state index contributed by atoms with van der Waals surface area (Å²) in [4.78, 5) is 22.9. The smallest absolute Gasteiger partial charge is 0.264 e. The molecule has 2 aromatic carbocycles. The van der Waals surface area contributed by atoms with Crippen LogP contribution in [0.2, 0.25) is 0 Å². The Bertz CT molecular complexity index is 984. The van der Waals surface area contributed by atoms with E-state index in [1.54, 1.807) is 24.3 Å². The second-order valence-corrected chi connectivity index (χ2v) is 6.80. The lowest BCUT2D eigenvalue weighted by atomic mass is 10.1. The van der Waals surface area contributed by atoms with Crippen molar-refractivity contribution in [3.63, 3.8) is 0 Å². The predicted octanol–water partition coefficient (Wildman–Crippen LogP) is 2.28. The molecule has 7 heteroatoms. The zero-order valence-electron chi connectivity index (χ0n) is 13.3. The van der Waals surface area contributed by atoms with Gasteiger partial charge < -0.3 is 0 Å². The molecular weight excluding hydrogens is 340 g/mol. The van der Waals surface area contributed by atoms with E-state index in [0.29, 0.717) is 16.7 Å². The molecule has 0 fully saturated rings. The van der Waals surface area contributed by atoms with Crippen LogP contribution in [0.3, 0.4) is 0 Å². The monoisotopic (exact) mass is 354 g/mol. The standard InChI is InChI=1S/C18H14N2O4S/c1-13(21)16-6-8-17(9-7-16)25(23,24)20-18(22)10-5-14-3-2-4-15(11-14)12-19/h2-11H,1H3,(H,20,22)/b10-5+. The molecule has 0 aliphatic heterocycles. The fraction of sp³-hybridized carbons (Fsp3) is 0.0556. The molecular formula is C18H14N2O4S. The number of Topliss-reactive ketones (excluding diaryl/α,β-unsaturated/α-hetero) is 1. The molecule has 0 aliphatic carbocycles. The van der Waals surface area contributed by atoms with E-state index in [1.165, 1.54) is 37.3 Å². The minimum Gasteiger partial charge on any atom is -0.295 e. The van der Waals surface area contributed by atoms with Crippen molar-refractivity contribution in [3.8, 4) is 6.07 Å². The number of benzene rings is 2. The second-order valence-electron chi connectivity index (χ2n) is 5.12. The minimum absolute atomic E-state index is 0.120. The molecule has 0 saturated heterocycles. The highest BCUT2D eigenvalue weighted by Gasteiger charge is 2.16. The number of nitrogens with zero attached hydrogens (tertiary/aromatic N) is 1. The summed E-state index contributed by atoms with van der Waals surface area (Å²) in [6.45, 7) is 1.37. The van der Waals surface area contributed by atoms with Crippen LogP contribution in [0, 0.1) is 11.3 Å². The molecule has 0 radical (unpaired) electrons. The summed E-state index contributed by atoms with van der Waals surface area (Å²) in [5, 5.41) is 8.82. The Morgan fingerprint density at radius 2 is 1.80 bits per heavy atom. The normalized spacial score (nSPS) is 11.0. The second kappa shape index (κ2) is 7.55. The zero-order chi connectivity index (χ0) is 18.4. The first-order valence-electron chi connectivity index (χ1n) is 7.18. The average Bonchev–Trinajstić information content (AvgIpc) is 2.60. The number of carbonyl (C=O) groups excluding carboxylic acids is 2. The van der Waals surface area contributed by atoms with E-state index in [-0.39, 0.29) is 10.7 Å². The average molecular weight is 354 g/mol. The van der Waals surface area contributed by atoms with Crippen molar-refractivity contribution in [2.45, 2.75) is 11.8 Å². The molecule has 2 rings (SSSR count). The Morgan fingerprint density at radius 1 is 1.12 bits per heavy atom. The van der Waals surface area contributed by atoms with E-state index in [0.717, 1.165) is 6.08 Å². The maximum absolute atomic E-state index is 12.1. The van der Waals surface area contributed by atoms with Crippen LogP contribution in [-0.2, 0) is 14.8 Å². The van der Waals surface area contributed by atoms with Gasteiger partial charge in [0, 0.05) is 11.6 Å². The molecule has 1 amide bonds. The van der Waals surface area contributed by atoms with Crippen molar-refractivity contribution < 1.29 is 18.0 Å². The van der Waals surface area contributed by atoms with Gasteiger partial charge in [0.25, 0.3) is 15.9 Å². The van der Waals surface area contributed by atoms with Gasteiger partial charge in [-0.2, -0.15) is 5.26 Å². The summed E-state index contributed by atoms with van der Waals surface area (Å²) >= 11 is 0. The van der Waals surface area contributed by atoms with Crippen LogP contribution in [0.5, 0.6) is 0 Å². The van der Waals surface area contributed by atoms with Crippen molar-refractivity contribution in [2.24, 2.45) is 0 Å². The van der Waals surface area contributed by atoms with Gasteiger partial charge in [-0.3, -0.25) is 9.59 Å². The van der Waals surface area contributed by atoms with Crippen LogP contribution in [-0.4, -0.2) is 20.1 Å². The highest BCUT2D eigenvalue weighted by Crippen LogP contribution is 2.11. The van der Waals surface area contributed by atoms with E-state index >= 15 is 0 Å². The van der Waals surface area contributed by atoms with E-state index in [1.807, 2.05) is 10.8 Å². The van der Waals surface area contributed by atoms with Crippen LogP contribution in [0.25, 0.3) is 6.08 Å². The summed E-state index contributed by atoms with van der Waals surface area (Å²) in [5.74, 6) is -1.01. The minimum atomic E-state index is -4.03. The fourth-order valence-corrected chi connectivity index (χ4v) is 2.92. The molecule has 0 aliphatic rings. The number of carbonyl (C=O) groups is 2. The molecule has 2 aromatic rings. The molecule has 1 N–H and O–H groups in total. The Hall–Kier alpha value is -3.24. The third kappa shape index (κ3) is 4.86. The molecule has 0 unspecified atom stereocenters. The van der Waals surface area contributed by atoms with E-state index in [4.69, 9.17) is 5.26 Å². The maximum Gasteiger partial charge on any atom is 0.264 e. The fourth-order valence-electron chi connectivity index (χ4n) is 1.98. The van der Waals surface area contributed by atoms with Gasteiger partial charge in [0.2, 0.25) is 0 Å². The van der Waals surface area contributed by atoms with Gasteiger partial charge in [-0.1, -0.05) is 24.3 Å². The van der Waals surface area contributed by atoms with Crippen molar-refractivity contribution in [1.82, 2.24) is 4.72 Å². The molecule has 0 spiro atoms. The summed E-state index contributed by atoms with van der Waals surface area (Å²) in [6.07, 6.45) is 2.47. The van der Waals surface area contributed by atoms with Gasteiger partial charge in [-0.15, -0.1) is 0 Å². The molecule has 6 nitrogen and oxygen atoms in total. The third-order valence-electron chi connectivity index (χ3n) is 3.25. The predicted molar refractivity (Wildman–Crippen MR) is 92.0 cm³/mol. The highest BCUT2D eigenvalue weighted by atomic mass is 32.2. The number of sulfonamides is 1. The summed E-state index contributed by atoms with van der Waals surface area (Å²) in [7, 11) is -4.03. The van der Waals surface area contributed by atoms with Crippen LogP contribution in [0.4, 0.5) is 0 Å². The first-order chi connectivity index (χ1) is 11.8. The van der Waals surface area contributed by atoms with Crippen LogP contribution in [0.1, 0.15) is 28.4 Å². The Morgan fingerprint density at radius 3 is 2.40 bits per heavy atom. The molecule has 126 valence electrons. The number of nitriles is 1. The lowest BCUT2D eigenvalue weighted by Gasteiger charge is -2.05. The van der Waals surface area contributed by atoms with Crippen LogP contribution >= 0.6 is 0 Å². The molecule has 0 saturated carbocycles. The van der Waals surface area contributed by atoms with E-state index in [9.17, 15) is 18.0 Å². The van der Waals surface area contributed by atoms with Crippen molar-refractivity contribution in [1.29, 1.82) is 5.26 Å². The topological polar surface area (TPSA) is 104 Å². The number of ketones is 1. The molecule has 25 heavy (non-hydrogen) atoms. The van der Waals surface area contributed by atoms with Crippen molar-refractivity contribution >= 4 is 27.8 Å². The summed E-state index contributed by atoms with van der Waals surface area (Å²) < 4.78 is 26.2. The Labute approximate surface area is 145 Å². The number of rotatable bonds is 5. The van der Waals surface area contributed by atoms with Crippen molar-refractivity contribution in [2.75, 3.05) is 0 Å². The van der Waals surface area contributed by atoms with Gasteiger partial charge in [-0.25, -0.2) is 13.1 Å². The molecule has 0 bridgehead atoms. The van der Waals surface area contributed by atoms with Gasteiger partial charge in [0.15, 0.2) is 5.78 Å². The SMILES string of the molecule is CC(=O)c1ccc(S(=O)(=O)NC(=O)/C=C/c2cccc(C#N)c2)cc1. The number of amides is 1. The van der Waals surface area contributed by atoms with Crippen LogP contribution < -0.4 is 4.72 Å². The molecule has 0 atom stereocenters. The lowest BCUT2D eigenvalue weighted by molar-refractivity contribution is -0.114. The quantitative estimate of drug-likeness (QED) is 0.655. The number of hydrogen-bond donors (Lipinski definition) is 1. The number of nitrogens with one attached hydrogen (secondary N) is 1. The van der Waals surface area contributed by atoms with Gasteiger partial charge in [0.05, 0.1) is 16.5 Å². The highest BCUT2D eigenvalue weighted by molar-refractivity contribution is 7.90. The first-order valence-corrected chi connectivity index (χ1v) is 8.66. The van der Waals surface area contributed by atoms with Crippen molar-refractivity contribution in [3.05, 3.63) is 71.3 Å². The van der Waals surface area contributed by atoms with Crippen LogP contribution in [0.15, 0.2) is 59.5 Å². The van der Waals surface area contributed by atoms with Gasteiger partial charge >= 0.3 is 0 Å². The Kier molecular flexibility index (Phi) is 5.47. The van der Waals surface area contributed by atoms with E-state index < -0.39 is 15.9 Å². The van der Waals surface area contributed by atoms with E-state index in [2.05, 4.69) is 0 Å². The molecule has 0 aromatic heterocycles. The van der Waals surface area contributed by atoms with Gasteiger partial charge in [0.1, 0.15) is 0 Å². The largest absolute Gasteiger partial charge is 0.295 e. The third-order valence-corrected chi connectivity index (χ3v) is 4.61. The lowest BCUT2D eigenvalue weighted by Crippen LogP contribution is -2.29. The summed E-state index contributed by atoms with van der Waals surface area (Å²) in [6, 6.07) is 13.8. The summed E-state index contributed by atoms with van der Waals surface area (Å²) in [5.41, 5.74) is 1.40. The maximum atomic E-state index is 12.1. The molecule has 0 heterocycles. The zero-order valence-corrected chi connectivity index (χ0v) is 14.1. The Balaban J connectivity index is 2.11. The number of hydrogen-bond acceptors (Lipinski definition) is 5. The van der Waals surface area contributed by atoms with Gasteiger partial charge in [-0.05, 0) is 42.8 Å².